The summed E-state index contributed by atoms with van der Waals surface area (Å²) in [5, 5.41) is 15.1. The van der Waals surface area contributed by atoms with Crippen molar-refractivity contribution in [3.8, 4) is 17.0 Å². The van der Waals surface area contributed by atoms with Gasteiger partial charge in [0.2, 0.25) is 5.91 Å². The van der Waals surface area contributed by atoms with E-state index in [1.54, 1.807) is 10.7 Å². The fourth-order valence-corrected chi connectivity index (χ4v) is 3.69. The fourth-order valence-electron chi connectivity index (χ4n) is 3.69. The Labute approximate surface area is 162 Å². The molecule has 3 aromatic rings. The molecule has 1 atom stereocenters. The highest BCUT2D eigenvalue weighted by molar-refractivity contribution is 5.93. The first kappa shape index (κ1) is 17.2. The molecule has 0 bridgehead atoms. The van der Waals surface area contributed by atoms with Gasteiger partial charge in [0.15, 0.2) is 11.6 Å². The Bertz CT molecular complexity index is 1010. The Morgan fingerprint density at radius 3 is 3.04 bits per heavy atom. The zero-order valence-electron chi connectivity index (χ0n) is 15.9. The molecular weight excluding hydrogens is 356 g/mol. The van der Waals surface area contributed by atoms with Gasteiger partial charge in [-0.15, -0.1) is 0 Å². The van der Waals surface area contributed by atoms with Crippen molar-refractivity contribution in [3.63, 3.8) is 0 Å². The number of aryl methyl sites for hydroxylation is 1. The summed E-state index contributed by atoms with van der Waals surface area (Å²) in [6, 6.07) is 5.93. The van der Waals surface area contributed by atoms with Gasteiger partial charge in [0.25, 0.3) is 0 Å². The number of carbonyl (C=O) groups excluding carboxylic acids is 1. The highest BCUT2D eigenvalue weighted by Gasteiger charge is 2.30. The third-order valence-corrected chi connectivity index (χ3v) is 5.48. The number of pyridine rings is 1. The smallest absolute Gasteiger partial charge is 0.228 e. The Morgan fingerprint density at radius 1 is 1.36 bits per heavy atom. The maximum absolute atomic E-state index is 12.0. The molecule has 4 heterocycles. The molecule has 0 aromatic carbocycles. The van der Waals surface area contributed by atoms with Crippen LogP contribution in [-0.2, 0) is 11.8 Å². The third kappa shape index (κ3) is 3.35. The van der Waals surface area contributed by atoms with Crippen LogP contribution in [0.25, 0.3) is 16.8 Å². The predicted molar refractivity (Wildman–Crippen MR) is 105 cm³/mol. The second-order valence-electron chi connectivity index (χ2n) is 7.73. The van der Waals surface area contributed by atoms with E-state index in [2.05, 4.69) is 20.8 Å². The van der Waals surface area contributed by atoms with Gasteiger partial charge >= 0.3 is 0 Å². The molecule has 1 saturated carbocycles. The zero-order valence-corrected chi connectivity index (χ0v) is 15.9. The van der Waals surface area contributed by atoms with Crippen LogP contribution in [0.4, 0.5) is 5.82 Å². The summed E-state index contributed by atoms with van der Waals surface area (Å²) >= 11 is 0. The summed E-state index contributed by atoms with van der Waals surface area (Å²) in [6.07, 6.45) is 6.77. The minimum atomic E-state index is 0.0624. The van der Waals surface area contributed by atoms with Gasteiger partial charge in [-0.1, -0.05) is 0 Å². The maximum atomic E-state index is 12.0. The van der Waals surface area contributed by atoms with E-state index in [1.165, 1.54) is 0 Å². The minimum Gasteiger partial charge on any atom is -0.489 e. The second kappa shape index (κ2) is 6.94. The van der Waals surface area contributed by atoms with Gasteiger partial charge in [-0.05, 0) is 37.9 Å². The molecule has 3 aromatic heterocycles. The number of nitrogens with one attached hydrogen (secondary N) is 2. The Hall–Kier alpha value is -2.87. The molecule has 5 rings (SSSR count). The molecule has 2 fully saturated rings. The van der Waals surface area contributed by atoms with E-state index in [9.17, 15) is 4.79 Å². The number of aromatic nitrogens is 4. The Kier molecular flexibility index (Phi) is 4.27. The number of anilines is 1. The lowest BCUT2D eigenvalue weighted by Gasteiger charge is -2.12. The van der Waals surface area contributed by atoms with E-state index in [-0.39, 0.29) is 11.8 Å². The van der Waals surface area contributed by atoms with Gasteiger partial charge in [0.05, 0.1) is 18.3 Å². The minimum absolute atomic E-state index is 0.0624. The topological polar surface area (TPSA) is 85.5 Å². The molecule has 28 heavy (non-hydrogen) atoms. The Balaban J connectivity index is 1.39. The lowest BCUT2D eigenvalue weighted by atomic mass is 10.1. The molecule has 8 nitrogen and oxygen atoms in total. The third-order valence-electron chi connectivity index (χ3n) is 5.48. The van der Waals surface area contributed by atoms with Crippen molar-refractivity contribution in [1.29, 1.82) is 0 Å². The van der Waals surface area contributed by atoms with Crippen LogP contribution in [0.3, 0.4) is 0 Å². The molecule has 1 amide bonds. The van der Waals surface area contributed by atoms with E-state index in [0.29, 0.717) is 18.3 Å². The van der Waals surface area contributed by atoms with Crippen molar-refractivity contribution in [1.82, 2.24) is 24.7 Å². The number of fused-ring (bicyclic) bond motifs is 1. The number of hydrogen-bond acceptors (Lipinski definition) is 5. The van der Waals surface area contributed by atoms with E-state index in [1.807, 2.05) is 36.1 Å². The van der Waals surface area contributed by atoms with Crippen LogP contribution in [-0.4, -0.2) is 45.0 Å². The van der Waals surface area contributed by atoms with E-state index >= 15 is 0 Å². The summed E-state index contributed by atoms with van der Waals surface area (Å²) in [5.74, 6) is 2.14. The lowest BCUT2D eigenvalue weighted by Crippen LogP contribution is -2.15. The van der Waals surface area contributed by atoms with Crippen LogP contribution in [0.2, 0.25) is 0 Å². The van der Waals surface area contributed by atoms with Crippen molar-refractivity contribution >= 4 is 17.2 Å². The summed E-state index contributed by atoms with van der Waals surface area (Å²) in [7, 11) is 1.92. The van der Waals surface area contributed by atoms with Crippen LogP contribution >= 0.6 is 0 Å². The molecule has 2 aliphatic rings. The van der Waals surface area contributed by atoms with Gasteiger partial charge in [-0.3, -0.25) is 9.48 Å². The van der Waals surface area contributed by atoms with Gasteiger partial charge in [0.1, 0.15) is 5.69 Å². The van der Waals surface area contributed by atoms with Crippen molar-refractivity contribution < 1.29 is 9.53 Å². The average Bonchev–Trinajstić information content (AvgIpc) is 3.09. The predicted octanol–water partition coefficient (Wildman–Crippen LogP) is 2.07. The molecule has 1 saturated heterocycles. The molecule has 146 valence electrons. The van der Waals surface area contributed by atoms with Crippen molar-refractivity contribution in [3.05, 3.63) is 30.6 Å². The van der Waals surface area contributed by atoms with Crippen molar-refractivity contribution in [2.24, 2.45) is 18.9 Å². The highest BCUT2D eigenvalue weighted by atomic mass is 16.5. The van der Waals surface area contributed by atoms with Crippen LogP contribution < -0.4 is 15.4 Å². The average molecular weight is 380 g/mol. The number of nitrogens with zero attached hydrogens (tertiary/aromatic N) is 4. The first-order valence-electron chi connectivity index (χ1n) is 9.83. The van der Waals surface area contributed by atoms with Gasteiger partial charge in [-0.2, -0.15) is 10.2 Å². The SMILES string of the molecule is Cn1ncc(OC[C@@H]2CCNC2)c1-c1ccn2nc(NC(=O)C3CC3)cc2c1. The maximum Gasteiger partial charge on any atom is 0.228 e. The van der Waals surface area contributed by atoms with E-state index < -0.39 is 0 Å². The monoisotopic (exact) mass is 380 g/mol. The van der Waals surface area contributed by atoms with E-state index in [4.69, 9.17) is 4.74 Å². The molecule has 0 spiro atoms. The van der Waals surface area contributed by atoms with Gasteiger partial charge in [-0.25, -0.2) is 4.52 Å². The highest BCUT2D eigenvalue weighted by Crippen LogP contribution is 2.32. The molecular formula is C20H24N6O2. The first-order chi connectivity index (χ1) is 13.7. The van der Waals surface area contributed by atoms with Crippen LogP contribution in [0.15, 0.2) is 30.6 Å². The van der Waals surface area contributed by atoms with E-state index in [0.717, 1.165) is 54.9 Å². The summed E-state index contributed by atoms with van der Waals surface area (Å²) < 4.78 is 9.70. The molecule has 8 heteroatoms. The van der Waals surface area contributed by atoms with Gasteiger partial charge < -0.3 is 15.4 Å². The first-order valence-corrected chi connectivity index (χ1v) is 9.83. The molecule has 0 unspecified atom stereocenters. The number of rotatable bonds is 6. The summed E-state index contributed by atoms with van der Waals surface area (Å²) in [5.41, 5.74) is 2.86. The quantitative estimate of drug-likeness (QED) is 0.684. The standard InChI is InChI=1S/C20H24N6O2/c1-25-19(17(11-22-25)28-12-13-4-6-21-10-13)15-5-7-26-16(8-15)9-18(24-26)23-20(27)14-2-3-14/h5,7-9,11,13-14,21H,2-4,6,10,12H2,1H3,(H,23,24,27)/t13-/m1/s1. The summed E-state index contributed by atoms with van der Waals surface area (Å²) in [4.78, 5) is 12.0. The molecule has 0 radical (unpaired) electrons. The normalized spacial score (nSPS) is 19.2. The fraction of sp³-hybridized carbons (Fsp3) is 0.450. The number of ether oxygens (including phenoxy) is 1. The van der Waals surface area contributed by atoms with Crippen LogP contribution in [0.5, 0.6) is 5.75 Å². The Morgan fingerprint density at radius 2 is 2.25 bits per heavy atom. The van der Waals surface area contributed by atoms with Crippen LogP contribution in [0.1, 0.15) is 19.3 Å². The number of amides is 1. The van der Waals surface area contributed by atoms with Gasteiger partial charge in [0, 0.05) is 43.3 Å². The largest absolute Gasteiger partial charge is 0.489 e. The van der Waals surface area contributed by atoms with Crippen molar-refractivity contribution in [2.45, 2.75) is 19.3 Å². The number of carbonyl (C=O) groups is 1. The molecule has 1 aliphatic heterocycles. The second-order valence-corrected chi connectivity index (χ2v) is 7.73. The molecule has 2 N–H and O–H groups in total. The molecule has 1 aliphatic carbocycles. The van der Waals surface area contributed by atoms with Crippen LogP contribution in [0, 0.1) is 11.8 Å². The lowest BCUT2D eigenvalue weighted by molar-refractivity contribution is -0.117. The van der Waals surface area contributed by atoms with Crippen molar-refractivity contribution in [2.75, 3.05) is 25.0 Å². The number of hydrogen-bond donors (Lipinski definition) is 2. The summed E-state index contributed by atoms with van der Waals surface area (Å²) in [6.45, 7) is 2.76. The zero-order chi connectivity index (χ0) is 19.1.